The van der Waals surface area contributed by atoms with Crippen LogP contribution in [0.2, 0.25) is 5.02 Å². The van der Waals surface area contributed by atoms with Crippen LogP contribution in [0.1, 0.15) is 29.1 Å². The van der Waals surface area contributed by atoms with Crippen LogP contribution in [0.3, 0.4) is 0 Å². The van der Waals surface area contributed by atoms with E-state index in [0.29, 0.717) is 35.7 Å². The molecule has 30 heavy (non-hydrogen) atoms. The average molecular weight is 575 g/mol. The Balaban J connectivity index is 0.00000320. The molecule has 1 aromatic heterocycles. The highest BCUT2D eigenvalue weighted by atomic mass is 127. The van der Waals surface area contributed by atoms with Crippen LogP contribution >= 0.6 is 46.9 Å². The highest BCUT2D eigenvalue weighted by Gasteiger charge is 2.36. The topological polar surface area (TPSA) is 58.5 Å². The molecule has 5 nitrogen and oxygen atoms in total. The van der Waals surface area contributed by atoms with E-state index >= 15 is 0 Å². The van der Waals surface area contributed by atoms with Crippen LogP contribution < -0.4 is 10.6 Å². The fourth-order valence-corrected chi connectivity index (χ4v) is 4.43. The summed E-state index contributed by atoms with van der Waals surface area (Å²) in [6, 6.07) is 7.77. The predicted molar refractivity (Wildman–Crippen MR) is 124 cm³/mol. The number of guanidine groups is 1. The molecule has 0 unspecified atom stereocenters. The normalized spacial score (nSPS) is 16.6. The second-order valence-electron chi connectivity index (χ2n) is 6.78. The molecule has 2 aromatic rings. The minimum Gasteiger partial charge on any atom is -0.381 e. The van der Waals surface area contributed by atoms with Gasteiger partial charge in [0.2, 0.25) is 0 Å². The van der Waals surface area contributed by atoms with Crippen molar-refractivity contribution in [3.8, 4) is 0 Å². The number of nitrogens with zero attached hydrogens (tertiary/aromatic N) is 2. The maximum absolute atomic E-state index is 12.7. The minimum absolute atomic E-state index is 0. The molecule has 166 valence electrons. The summed E-state index contributed by atoms with van der Waals surface area (Å²) < 4.78 is 43.6. The zero-order valence-electron chi connectivity index (χ0n) is 16.3. The third-order valence-corrected chi connectivity index (χ3v) is 6.14. The molecule has 2 heterocycles. The van der Waals surface area contributed by atoms with E-state index in [2.05, 4.69) is 20.6 Å². The molecule has 1 saturated heterocycles. The summed E-state index contributed by atoms with van der Waals surface area (Å²) in [4.78, 5) is 7.80. The lowest BCUT2D eigenvalue weighted by molar-refractivity contribution is -0.140. The van der Waals surface area contributed by atoms with Crippen molar-refractivity contribution in [2.75, 3.05) is 26.8 Å². The van der Waals surface area contributed by atoms with E-state index in [0.717, 1.165) is 35.1 Å². The first-order chi connectivity index (χ1) is 13.8. The Hall–Kier alpha value is -1.11. The van der Waals surface area contributed by atoms with Crippen molar-refractivity contribution < 1.29 is 17.9 Å². The van der Waals surface area contributed by atoms with Gasteiger partial charge >= 0.3 is 6.18 Å². The van der Waals surface area contributed by atoms with Crippen LogP contribution in [0.25, 0.3) is 0 Å². The first kappa shape index (κ1) is 25.2. The number of hydrogen-bond donors (Lipinski definition) is 2. The van der Waals surface area contributed by atoms with Crippen LogP contribution in [-0.2, 0) is 22.9 Å². The first-order valence-electron chi connectivity index (χ1n) is 9.13. The molecule has 0 radical (unpaired) electrons. The lowest BCUT2D eigenvalue weighted by Crippen LogP contribution is -2.48. The summed E-state index contributed by atoms with van der Waals surface area (Å²) in [5.74, 6) is 0.492. The van der Waals surface area contributed by atoms with Crippen LogP contribution in [-0.4, -0.2) is 37.7 Å². The number of benzene rings is 1. The second kappa shape index (κ2) is 11.0. The maximum Gasteiger partial charge on any atom is 0.434 e. The standard InChI is InChI=1S/C19H22ClF3N4OS.HI/c1-24-17(25-10-16-27-15(11-29-16)19(21,22)23)26-12-18(6-8-28-9-7-18)13-4-2-3-5-14(13)20;/h2-5,11H,6-10,12H2,1H3,(H2,24,25,26);1H. The van der Waals surface area contributed by atoms with Crippen molar-refractivity contribution in [1.82, 2.24) is 15.6 Å². The van der Waals surface area contributed by atoms with E-state index in [4.69, 9.17) is 16.3 Å². The molecule has 0 spiro atoms. The summed E-state index contributed by atoms with van der Waals surface area (Å²) in [7, 11) is 1.62. The number of thiazole rings is 1. The van der Waals surface area contributed by atoms with Crippen LogP contribution in [0, 0.1) is 0 Å². The largest absolute Gasteiger partial charge is 0.434 e. The van der Waals surface area contributed by atoms with Crippen LogP contribution in [0.4, 0.5) is 13.2 Å². The minimum atomic E-state index is -4.43. The SMILES string of the molecule is CN=C(NCc1nc(C(F)(F)F)cs1)NCC1(c2ccccc2Cl)CCOCC1.I. The Morgan fingerprint density at radius 2 is 1.97 bits per heavy atom. The summed E-state index contributed by atoms with van der Waals surface area (Å²) in [5, 5.41) is 8.39. The number of rotatable bonds is 5. The smallest absolute Gasteiger partial charge is 0.381 e. The predicted octanol–water partition coefficient (Wildman–Crippen LogP) is 4.85. The summed E-state index contributed by atoms with van der Waals surface area (Å²) in [6.07, 6.45) is -2.82. The number of aromatic nitrogens is 1. The fourth-order valence-electron chi connectivity index (χ4n) is 3.35. The van der Waals surface area contributed by atoms with Gasteiger partial charge in [0.1, 0.15) is 5.01 Å². The molecular weight excluding hydrogens is 552 g/mol. The molecule has 0 aliphatic carbocycles. The highest BCUT2D eigenvalue weighted by Crippen LogP contribution is 2.38. The van der Waals surface area contributed by atoms with Gasteiger partial charge < -0.3 is 15.4 Å². The molecular formula is C19H23ClF3IN4OS. The van der Waals surface area contributed by atoms with Gasteiger partial charge in [-0.3, -0.25) is 4.99 Å². The molecule has 0 bridgehead atoms. The van der Waals surface area contributed by atoms with Crippen molar-refractivity contribution >= 4 is 52.9 Å². The summed E-state index contributed by atoms with van der Waals surface area (Å²) >= 11 is 7.43. The molecule has 0 atom stereocenters. The lowest BCUT2D eigenvalue weighted by Gasteiger charge is -2.38. The number of halogens is 5. The van der Waals surface area contributed by atoms with Crippen molar-refractivity contribution in [3.05, 3.63) is 50.9 Å². The van der Waals surface area contributed by atoms with Crippen molar-refractivity contribution in [2.24, 2.45) is 4.99 Å². The van der Waals surface area contributed by atoms with E-state index < -0.39 is 11.9 Å². The van der Waals surface area contributed by atoms with Crippen molar-refractivity contribution in [3.63, 3.8) is 0 Å². The number of ether oxygens (including phenoxy) is 1. The highest BCUT2D eigenvalue weighted by molar-refractivity contribution is 14.0. The van der Waals surface area contributed by atoms with Crippen LogP contribution in [0.5, 0.6) is 0 Å². The van der Waals surface area contributed by atoms with E-state index in [1.165, 1.54) is 0 Å². The Kier molecular flexibility index (Phi) is 9.19. The summed E-state index contributed by atoms with van der Waals surface area (Å²) in [5.41, 5.74) is -0.0245. The number of nitrogens with one attached hydrogen (secondary N) is 2. The third kappa shape index (κ3) is 6.21. The molecule has 1 aliphatic heterocycles. The van der Waals surface area contributed by atoms with Crippen molar-refractivity contribution in [1.29, 1.82) is 0 Å². The number of alkyl halides is 3. The molecule has 0 amide bonds. The van der Waals surface area contributed by atoms with Gasteiger partial charge in [0.25, 0.3) is 0 Å². The van der Waals surface area contributed by atoms with Crippen molar-refractivity contribution in [2.45, 2.75) is 31.0 Å². The maximum atomic E-state index is 12.7. The van der Waals surface area contributed by atoms with Gasteiger partial charge in [-0.1, -0.05) is 29.8 Å². The lowest BCUT2D eigenvalue weighted by atomic mass is 9.74. The monoisotopic (exact) mass is 574 g/mol. The van der Waals surface area contributed by atoms with Gasteiger partial charge in [-0.15, -0.1) is 35.3 Å². The van der Waals surface area contributed by atoms with E-state index in [9.17, 15) is 13.2 Å². The molecule has 0 saturated carbocycles. The van der Waals surface area contributed by atoms with E-state index in [1.807, 2.05) is 24.3 Å². The van der Waals surface area contributed by atoms with Gasteiger partial charge in [0, 0.05) is 42.6 Å². The molecule has 1 fully saturated rings. The molecule has 1 aliphatic rings. The zero-order valence-corrected chi connectivity index (χ0v) is 20.2. The Labute approximate surface area is 199 Å². The molecule has 3 rings (SSSR count). The summed E-state index contributed by atoms with van der Waals surface area (Å²) in [6.45, 7) is 2.00. The Bertz CT molecular complexity index is 856. The molecule has 2 N–H and O–H groups in total. The van der Waals surface area contributed by atoms with Gasteiger partial charge in [-0.05, 0) is 24.5 Å². The Morgan fingerprint density at radius 1 is 1.27 bits per heavy atom. The van der Waals surface area contributed by atoms with Gasteiger partial charge in [0.05, 0.1) is 6.54 Å². The molecule has 1 aromatic carbocycles. The quantitative estimate of drug-likeness (QED) is 0.305. The van der Waals surface area contributed by atoms with E-state index in [-0.39, 0.29) is 35.9 Å². The Morgan fingerprint density at radius 3 is 2.57 bits per heavy atom. The number of hydrogen-bond acceptors (Lipinski definition) is 4. The number of aliphatic imine (C=N–C) groups is 1. The first-order valence-corrected chi connectivity index (χ1v) is 10.4. The second-order valence-corrected chi connectivity index (χ2v) is 8.13. The van der Waals surface area contributed by atoms with Gasteiger partial charge in [0.15, 0.2) is 11.7 Å². The zero-order chi connectivity index (χ0) is 20.9. The average Bonchev–Trinajstić information content (AvgIpc) is 3.19. The van der Waals surface area contributed by atoms with Gasteiger partial charge in [-0.2, -0.15) is 13.2 Å². The van der Waals surface area contributed by atoms with Crippen LogP contribution in [0.15, 0.2) is 34.6 Å². The third-order valence-electron chi connectivity index (χ3n) is 4.96. The molecule has 11 heteroatoms. The van der Waals surface area contributed by atoms with E-state index in [1.54, 1.807) is 7.05 Å². The van der Waals surface area contributed by atoms with Gasteiger partial charge in [-0.25, -0.2) is 4.98 Å². The fraction of sp³-hybridized carbons (Fsp3) is 0.474.